The summed E-state index contributed by atoms with van der Waals surface area (Å²) in [4.78, 5) is 35.6. The molecule has 0 fully saturated rings. The number of nitrogens with one attached hydrogen (secondary N) is 3. The lowest BCUT2D eigenvalue weighted by Gasteiger charge is -2.09. The standard InChI is InChI=1S/C20H23N3O3/c1-13-4-7-16(8-5-13)20(26)23-22-19(25)11-10-18(24)21-17-9-6-14(2)15(3)12-17/h4-9,12H,10-11H2,1-3H3,(H,21,24)(H,22,25)(H,23,26). The van der Waals surface area contributed by atoms with Crippen LogP contribution in [0.3, 0.4) is 0 Å². The van der Waals surface area contributed by atoms with E-state index in [1.807, 2.05) is 51.1 Å². The largest absolute Gasteiger partial charge is 0.326 e. The molecule has 3 amide bonds. The molecular formula is C20H23N3O3. The van der Waals surface area contributed by atoms with Crippen molar-refractivity contribution in [2.45, 2.75) is 33.6 Å². The molecule has 0 saturated carbocycles. The zero-order chi connectivity index (χ0) is 19.1. The third kappa shape index (κ3) is 5.73. The lowest BCUT2D eigenvalue weighted by molar-refractivity contribution is -0.124. The topological polar surface area (TPSA) is 87.3 Å². The summed E-state index contributed by atoms with van der Waals surface area (Å²) in [5.74, 6) is -1.09. The molecule has 2 aromatic carbocycles. The number of hydrazine groups is 1. The summed E-state index contributed by atoms with van der Waals surface area (Å²) in [5.41, 5.74) is 9.07. The molecule has 3 N–H and O–H groups in total. The summed E-state index contributed by atoms with van der Waals surface area (Å²) in [6.45, 7) is 5.89. The molecule has 0 unspecified atom stereocenters. The van der Waals surface area contributed by atoms with Crippen molar-refractivity contribution in [1.82, 2.24) is 10.9 Å². The third-order valence-electron chi connectivity index (χ3n) is 4.00. The number of anilines is 1. The molecule has 0 saturated heterocycles. The Labute approximate surface area is 153 Å². The summed E-state index contributed by atoms with van der Waals surface area (Å²) < 4.78 is 0. The normalized spacial score (nSPS) is 10.1. The highest BCUT2D eigenvalue weighted by Crippen LogP contribution is 2.14. The van der Waals surface area contributed by atoms with Crippen LogP contribution in [0.2, 0.25) is 0 Å². The monoisotopic (exact) mass is 353 g/mol. The highest BCUT2D eigenvalue weighted by molar-refractivity contribution is 5.96. The average molecular weight is 353 g/mol. The predicted molar refractivity (Wildman–Crippen MR) is 101 cm³/mol. The molecule has 0 bridgehead atoms. The highest BCUT2D eigenvalue weighted by atomic mass is 16.2. The first-order chi connectivity index (χ1) is 12.3. The molecule has 6 heteroatoms. The van der Waals surface area contributed by atoms with Gasteiger partial charge in [0.25, 0.3) is 5.91 Å². The van der Waals surface area contributed by atoms with Crippen molar-refractivity contribution in [3.63, 3.8) is 0 Å². The lowest BCUT2D eigenvalue weighted by atomic mass is 10.1. The fraction of sp³-hybridized carbons (Fsp3) is 0.250. The van der Waals surface area contributed by atoms with Crippen molar-refractivity contribution >= 4 is 23.4 Å². The lowest BCUT2D eigenvalue weighted by Crippen LogP contribution is -2.41. The third-order valence-corrected chi connectivity index (χ3v) is 4.00. The molecule has 0 heterocycles. The van der Waals surface area contributed by atoms with E-state index in [4.69, 9.17) is 0 Å². The number of aryl methyl sites for hydroxylation is 3. The first kappa shape index (κ1) is 19.2. The molecule has 0 aliphatic carbocycles. The van der Waals surface area contributed by atoms with Gasteiger partial charge in [0.2, 0.25) is 11.8 Å². The van der Waals surface area contributed by atoms with Crippen LogP contribution in [0.25, 0.3) is 0 Å². The van der Waals surface area contributed by atoms with Gasteiger partial charge in [-0.25, -0.2) is 0 Å². The van der Waals surface area contributed by atoms with E-state index in [1.54, 1.807) is 12.1 Å². The number of rotatable bonds is 5. The van der Waals surface area contributed by atoms with Crippen molar-refractivity contribution in [2.75, 3.05) is 5.32 Å². The van der Waals surface area contributed by atoms with Gasteiger partial charge in [0.05, 0.1) is 0 Å². The van der Waals surface area contributed by atoms with Gasteiger partial charge in [-0.15, -0.1) is 0 Å². The van der Waals surface area contributed by atoms with Crippen molar-refractivity contribution < 1.29 is 14.4 Å². The van der Waals surface area contributed by atoms with E-state index in [1.165, 1.54) is 0 Å². The van der Waals surface area contributed by atoms with Crippen molar-refractivity contribution in [1.29, 1.82) is 0 Å². The molecule has 0 spiro atoms. The average Bonchev–Trinajstić information content (AvgIpc) is 2.61. The maximum absolute atomic E-state index is 11.9. The maximum Gasteiger partial charge on any atom is 0.269 e. The van der Waals surface area contributed by atoms with Crippen molar-refractivity contribution in [3.8, 4) is 0 Å². The quantitative estimate of drug-likeness (QED) is 0.722. The number of benzene rings is 2. The van der Waals surface area contributed by atoms with Gasteiger partial charge < -0.3 is 5.32 Å². The second kappa shape index (κ2) is 8.80. The minimum absolute atomic E-state index is 0.0230. The summed E-state index contributed by atoms with van der Waals surface area (Å²) >= 11 is 0. The Balaban J connectivity index is 1.73. The zero-order valence-electron chi connectivity index (χ0n) is 15.2. The van der Waals surface area contributed by atoms with Crippen LogP contribution in [0.4, 0.5) is 5.69 Å². The van der Waals surface area contributed by atoms with E-state index < -0.39 is 11.8 Å². The Morgan fingerprint density at radius 3 is 2.08 bits per heavy atom. The molecular weight excluding hydrogens is 330 g/mol. The van der Waals surface area contributed by atoms with Crippen molar-refractivity contribution in [3.05, 3.63) is 64.7 Å². The fourth-order valence-electron chi connectivity index (χ4n) is 2.24. The van der Waals surface area contributed by atoms with Crippen LogP contribution in [0.1, 0.15) is 39.9 Å². The first-order valence-corrected chi connectivity index (χ1v) is 8.38. The molecule has 0 aliphatic heterocycles. The molecule has 0 atom stereocenters. The molecule has 136 valence electrons. The summed E-state index contributed by atoms with van der Waals surface area (Å²) in [5, 5.41) is 2.76. The Morgan fingerprint density at radius 2 is 1.42 bits per heavy atom. The molecule has 6 nitrogen and oxygen atoms in total. The zero-order valence-corrected chi connectivity index (χ0v) is 15.2. The van der Waals surface area contributed by atoms with E-state index in [-0.39, 0.29) is 18.7 Å². The second-order valence-electron chi connectivity index (χ2n) is 6.22. The van der Waals surface area contributed by atoms with Crippen LogP contribution in [-0.2, 0) is 9.59 Å². The van der Waals surface area contributed by atoms with Gasteiger partial charge >= 0.3 is 0 Å². The number of hydrogen-bond donors (Lipinski definition) is 3. The van der Waals surface area contributed by atoms with Gasteiger partial charge in [-0.1, -0.05) is 23.8 Å². The number of carbonyl (C=O) groups is 3. The molecule has 0 radical (unpaired) electrons. The summed E-state index contributed by atoms with van der Waals surface area (Å²) in [6.07, 6.45) is 0.00398. The highest BCUT2D eigenvalue weighted by Gasteiger charge is 2.10. The number of amides is 3. The van der Waals surface area contributed by atoms with Gasteiger partial charge in [0.1, 0.15) is 0 Å². The van der Waals surface area contributed by atoms with Crippen LogP contribution >= 0.6 is 0 Å². The van der Waals surface area contributed by atoms with E-state index in [0.717, 1.165) is 16.7 Å². The SMILES string of the molecule is Cc1ccc(C(=O)NNC(=O)CCC(=O)Nc2ccc(C)c(C)c2)cc1. The van der Waals surface area contributed by atoms with E-state index in [0.29, 0.717) is 11.3 Å². The van der Waals surface area contributed by atoms with Gasteiger partial charge in [0, 0.05) is 24.1 Å². The van der Waals surface area contributed by atoms with Crippen LogP contribution in [0.15, 0.2) is 42.5 Å². The summed E-state index contributed by atoms with van der Waals surface area (Å²) in [7, 11) is 0. The van der Waals surface area contributed by atoms with Gasteiger partial charge in [0.15, 0.2) is 0 Å². The van der Waals surface area contributed by atoms with E-state index in [9.17, 15) is 14.4 Å². The molecule has 26 heavy (non-hydrogen) atoms. The second-order valence-corrected chi connectivity index (χ2v) is 6.22. The van der Waals surface area contributed by atoms with Crippen LogP contribution in [0.5, 0.6) is 0 Å². The molecule has 0 aromatic heterocycles. The maximum atomic E-state index is 11.9. The molecule has 0 aliphatic rings. The number of carbonyl (C=O) groups excluding carboxylic acids is 3. The van der Waals surface area contributed by atoms with Gasteiger partial charge in [-0.3, -0.25) is 25.2 Å². The van der Waals surface area contributed by atoms with Crippen molar-refractivity contribution in [2.24, 2.45) is 0 Å². The van der Waals surface area contributed by atoms with E-state index >= 15 is 0 Å². The Hall–Kier alpha value is -3.15. The first-order valence-electron chi connectivity index (χ1n) is 8.38. The minimum atomic E-state index is -0.430. The Bertz CT molecular complexity index is 814. The number of hydrogen-bond acceptors (Lipinski definition) is 3. The van der Waals surface area contributed by atoms with E-state index in [2.05, 4.69) is 16.2 Å². The van der Waals surface area contributed by atoms with Crippen LogP contribution < -0.4 is 16.2 Å². The predicted octanol–water partition coefficient (Wildman–Crippen LogP) is 2.79. The van der Waals surface area contributed by atoms with Crippen LogP contribution in [0, 0.1) is 20.8 Å². The fourth-order valence-corrected chi connectivity index (χ4v) is 2.24. The smallest absolute Gasteiger partial charge is 0.269 e. The minimum Gasteiger partial charge on any atom is -0.326 e. The van der Waals surface area contributed by atoms with Gasteiger partial charge in [-0.2, -0.15) is 0 Å². The Kier molecular flexibility index (Phi) is 6.49. The van der Waals surface area contributed by atoms with Crippen LogP contribution in [-0.4, -0.2) is 17.7 Å². The van der Waals surface area contributed by atoms with Gasteiger partial charge in [-0.05, 0) is 56.2 Å². The molecule has 2 rings (SSSR count). The summed E-state index contributed by atoms with van der Waals surface area (Å²) in [6, 6.07) is 12.6. The Morgan fingerprint density at radius 1 is 0.769 bits per heavy atom. The molecule has 2 aromatic rings.